The molecule has 1 saturated heterocycles. The van der Waals surface area contributed by atoms with Crippen LogP contribution in [-0.4, -0.2) is 66.0 Å². The first-order valence-electron chi connectivity index (χ1n) is 9.17. The van der Waals surface area contributed by atoms with Crippen molar-refractivity contribution in [3.05, 3.63) is 46.4 Å². The van der Waals surface area contributed by atoms with Gasteiger partial charge in [-0.2, -0.15) is 0 Å². The monoisotopic (exact) mass is 389 g/mol. The Morgan fingerprint density at radius 2 is 1.81 bits per heavy atom. The third-order valence-corrected chi connectivity index (χ3v) is 5.85. The van der Waals surface area contributed by atoms with E-state index in [0.29, 0.717) is 13.1 Å². The van der Waals surface area contributed by atoms with Gasteiger partial charge in [0.25, 0.3) is 0 Å². The summed E-state index contributed by atoms with van der Waals surface area (Å²) in [5.74, 6) is -1.17. The average Bonchev–Trinajstić information content (AvgIpc) is 3.33. The highest BCUT2D eigenvalue weighted by Gasteiger charge is 2.26. The lowest BCUT2D eigenvalue weighted by atomic mass is 10.1. The van der Waals surface area contributed by atoms with E-state index in [-0.39, 0.29) is 6.04 Å². The second-order valence-corrected chi connectivity index (χ2v) is 7.90. The highest BCUT2D eigenvalue weighted by Crippen LogP contribution is 2.21. The molecular weight excluding hydrogens is 362 g/mol. The van der Waals surface area contributed by atoms with Gasteiger partial charge >= 0.3 is 11.8 Å². The van der Waals surface area contributed by atoms with Crippen LogP contribution in [0.4, 0.5) is 0 Å². The standard InChI is InChI=1S/C19H27N5O2S/c1-22-8-10-24(11-9-22)17(16-6-3-7-23(16)2)14-21-19(26)18(25)20-13-15-5-4-12-27-15/h3-7,12,17H,8-11,13-14H2,1-2H3,(H,20,25)(H,21,26)/t17-/m0/s1. The Morgan fingerprint density at radius 3 is 2.44 bits per heavy atom. The highest BCUT2D eigenvalue weighted by atomic mass is 32.1. The highest BCUT2D eigenvalue weighted by molar-refractivity contribution is 7.09. The first-order valence-corrected chi connectivity index (χ1v) is 10.0. The molecule has 0 aliphatic carbocycles. The number of hydrogen-bond acceptors (Lipinski definition) is 5. The van der Waals surface area contributed by atoms with Crippen LogP contribution in [0.15, 0.2) is 35.8 Å². The minimum absolute atomic E-state index is 0.0488. The molecule has 27 heavy (non-hydrogen) atoms. The molecule has 1 aliphatic heterocycles. The van der Waals surface area contributed by atoms with Crippen molar-refractivity contribution in [2.24, 2.45) is 7.05 Å². The van der Waals surface area contributed by atoms with E-state index < -0.39 is 11.8 Å². The average molecular weight is 390 g/mol. The summed E-state index contributed by atoms with van der Waals surface area (Å²) in [4.78, 5) is 30.0. The van der Waals surface area contributed by atoms with Crippen LogP contribution in [-0.2, 0) is 23.2 Å². The number of amides is 2. The second-order valence-electron chi connectivity index (χ2n) is 6.87. The number of likely N-dealkylation sites (N-methyl/N-ethyl adjacent to an activating group) is 1. The van der Waals surface area contributed by atoms with E-state index in [4.69, 9.17) is 0 Å². The van der Waals surface area contributed by atoms with Crippen LogP contribution >= 0.6 is 11.3 Å². The van der Waals surface area contributed by atoms with E-state index in [9.17, 15) is 9.59 Å². The van der Waals surface area contributed by atoms with Crippen LogP contribution in [0.3, 0.4) is 0 Å². The van der Waals surface area contributed by atoms with Gasteiger partial charge in [0, 0.05) is 56.5 Å². The lowest BCUT2D eigenvalue weighted by Crippen LogP contribution is -2.50. The number of hydrogen-bond donors (Lipinski definition) is 2. The molecule has 0 spiro atoms. The lowest BCUT2D eigenvalue weighted by Gasteiger charge is -2.38. The summed E-state index contributed by atoms with van der Waals surface area (Å²) in [5.41, 5.74) is 1.14. The quantitative estimate of drug-likeness (QED) is 0.718. The number of aromatic nitrogens is 1. The smallest absolute Gasteiger partial charge is 0.309 e. The molecule has 2 amide bonds. The second kappa shape index (κ2) is 9.16. The van der Waals surface area contributed by atoms with Gasteiger partial charge in [0.15, 0.2) is 0 Å². The van der Waals surface area contributed by atoms with E-state index >= 15 is 0 Å². The van der Waals surface area contributed by atoms with Crippen molar-refractivity contribution in [2.45, 2.75) is 12.6 Å². The third kappa shape index (κ3) is 5.18. The van der Waals surface area contributed by atoms with Gasteiger partial charge in [-0.3, -0.25) is 14.5 Å². The largest absolute Gasteiger partial charge is 0.353 e. The summed E-state index contributed by atoms with van der Waals surface area (Å²) in [7, 11) is 4.13. The summed E-state index contributed by atoms with van der Waals surface area (Å²) in [6.45, 7) is 4.66. The van der Waals surface area contributed by atoms with Gasteiger partial charge in [0.2, 0.25) is 0 Å². The molecule has 146 valence electrons. The summed E-state index contributed by atoms with van der Waals surface area (Å²) in [6, 6.07) is 7.99. The molecule has 0 radical (unpaired) electrons. The van der Waals surface area contributed by atoms with Crippen molar-refractivity contribution in [2.75, 3.05) is 39.8 Å². The Morgan fingerprint density at radius 1 is 1.07 bits per heavy atom. The minimum atomic E-state index is -0.590. The van der Waals surface area contributed by atoms with Gasteiger partial charge in [0.1, 0.15) is 0 Å². The van der Waals surface area contributed by atoms with Crippen molar-refractivity contribution in [1.82, 2.24) is 25.0 Å². The van der Waals surface area contributed by atoms with Gasteiger partial charge < -0.3 is 20.1 Å². The Hall–Kier alpha value is -2.16. The van der Waals surface area contributed by atoms with E-state index in [1.807, 2.05) is 36.8 Å². The van der Waals surface area contributed by atoms with Gasteiger partial charge in [-0.05, 0) is 30.6 Å². The number of carbonyl (C=O) groups excluding carboxylic acids is 2. The van der Waals surface area contributed by atoms with Crippen molar-refractivity contribution < 1.29 is 9.59 Å². The maximum Gasteiger partial charge on any atom is 0.309 e. The molecule has 7 nitrogen and oxygen atoms in total. The summed E-state index contributed by atoms with van der Waals surface area (Å²) >= 11 is 1.55. The fraction of sp³-hybridized carbons (Fsp3) is 0.474. The van der Waals surface area contributed by atoms with Crippen LogP contribution in [0.1, 0.15) is 16.6 Å². The molecule has 3 heterocycles. The number of rotatable bonds is 6. The molecule has 2 N–H and O–H groups in total. The van der Waals surface area contributed by atoms with Crippen LogP contribution in [0.25, 0.3) is 0 Å². The van der Waals surface area contributed by atoms with Crippen LogP contribution in [0.2, 0.25) is 0 Å². The number of carbonyl (C=O) groups is 2. The molecule has 2 aromatic heterocycles. The number of piperazine rings is 1. The normalized spacial score (nSPS) is 16.8. The predicted molar refractivity (Wildman–Crippen MR) is 106 cm³/mol. The fourth-order valence-corrected chi connectivity index (χ4v) is 3.95. The zero-order valence-corrected chi connectivity index (χ0v) is 16.7. The maximum absolute atomic E-state index is 12.2. The number of thiophene rings is 1. The van der Waals surface area contributed by atoms with Gasteiger partial charge in [-0.1, -0.05) is 6.07 Å². The Kier molecular flexibility index (Phi) is 6.65. The maximum atomic E-state index is 12.2. The molecule has 2 aromatic rings. The van der Waals surface area contributed by atoms with E-state index in [0.717, 1.165) is 36.8 Å². The molecule has 0 saturated carbocycles. The molecule has 1 atom stereocenters. The van der Waals surface area contributed by atoms with Crippen molar-refractivity contribution >= 4 is 23.2 Å². The molecule has 1 fully saturated rings. The zero-order chi connectivity index (χ0) is 19.2. The van der Waals surface area contributed by atoms with E-state index in [1.165, 1.54) is 0 Å². The summed E-state index contributed by atoms with van der Waals surface area (Å²) in [6.07, 6.45) is 2.01. The van der Waals surface area contributed by atoms with Gasteiger partial charge in [-0.15, -0.1) is 11.3 Å². The van der Waals surface area contributed by atoms with E-state index in [2.05, 4.69) is 38.1 Å². The molecule has 1 aliphatic rings. The fourth-order valence-electron chi connectivity index (χ4n) is 3.31. The molecule has 0 bridgehead atoms. The number of aryl methyl sites for hydroxylation is 1. The molecule has 3 rings (SSSR count). The first-order chi connectivity index (χ1) is 13.0. The molecule has 8 heteroatoms. The van der Waals surface area contributed by atoms with Crippen LogP contribution in [0.5, 0.6) is 0 Å². The van der Waals surface area contributed by atoms with Crippen molar-refractivity contribution in [3.8, 4) is 0 Å². The molecule has 0 unspecified atom stereocenters. The SMILES string of the molecule is CN1CCN([C@@H](CNC(=O)C(=O)NCc2cccs2)c2cccn2C)CC1. The summed E-state index contributed by atoms with van der Waals surface area (Å²) in [5, 5.41) is 7.44. The Labute approximate surface area is 163 Å². The number of nitrogens with one attached hydrogen (secondary N) is 2. The zero-order valence-electron chi connectivity index (χ0n) is 15.9. The van der Waals surface area contributed by atoms with E-state index in [1.54, 1.807) is 11.3 Å². The Balaban J connectivity index is 1.57. The third-order valence-electron chi connectivity index (χ3n) is 4.97. The molecular formula is C19H27N5O2S. The summed E-state index contributed by atoms with van der Waals surface area (Å²) < 4.78 is 2.08. The van der Waals surface area contributed by atoms with Crippen LogP contribution < -0.4 is 10.6 Å². The first kappa shape index (κ1) is 19.6. The van der Waals surface area contributed by atoms with Crippen LogP contribution in [0, 0.1) is 0 Å². The van der Waals surface area contributed by atoms with Gasteiger partial charge in [0.05, 0.1) is 12.6 Å². The predicted octanol–water partition coefficient (Wildman–Crippen LogP) is 0.808. The minimum Gasteiger partial charge on any atom is -0.353 e. The topological polar surface area (TPSA) is 69.6 Å². The van der Waals surface area contributed by atoms with Gasteiger partial charge in [-0.25, -0.2) is 0 Å². The van der Waals surface area contributed by atoms with Crippen molar-refractivity contribution in [1.29, 1.82) is 0 Å². The number of nitrogens with zero attached hydrogens (tertiary/aromatic N) is 3. The molecule has 0 aromatic carbocycles. The van der Waals surface area contributed by atoms with Crippen molar-refractivity contribution in [3.63, 3.8) is 0 Å². The Bertz CT molecular complexity index is 750. The lowest BCUT2D eigenvalue weighted by molar-refractivity contribution is -0.139.